The first-order chi connectivity index (χ1) is 8.72. The number of aliphatic hydroxyl groups excluding tert-OH is 1. The Morgan fingerprint density at radius 2 is 2.44 bits per heavy atom. The Kier molecular flexibility index (Phi) is 6.98. The maximum absolute atomic E-state index is 11.1. The van der Waals surface area contributed by atoms with Crippen molar-refractivity contribution in [1.82, 2.24) is 10.3 Å². The molecule has 5 heteroatoms. The Bertz CT molecular complexity index is 343. The molecule has 0 saturated carbocycles. The number of hydrogen-bond acceptors (Lipinski definition) is 5. The lowest BCUT2D eigenvalue weighted by atomic mass is 10.2. The van der Waals surface area contributed by atoms with Gasteiger partial charge in [-0.15, -0.1) is 0 Å². The first-order valence-corrected chi connectivity index (χ1v) is 6.15. The summed E-state index contributed by atoms with van der Waals surface area (Å²) in [5.74, 6) is -0.362. The van der Waals surface area contributed by atoms with Crippen LogP contribution in [0.15, 0.2) is 24.5 Å². The molecule has 1 rings (SSSR count). The fourth-order valence-corrected chi connectivity index (χ4v) is 1.53. The number of carbonyl (C=O) groups is 1. The second kappa shape index (κ2) is 8.60. The minimum absolute atomic E-state index is 0.0354. The van der Waals surface area contributed by atoms with E-state index in [1.165, 1.54) is 0 Å². The summed E-state index contributed by atoms with van der Waals surface area (Å²) in [6, 6.07) is 3.90. The Balaban J connectivity index is 2.09. The summed E-state index contributed by atoms with van der Waals surface area (Å²) in [6.07, 6.45) is 3.74. The van der Waals surface area contributed by atoms with Gasteiger partial charge in [-0.2, -0.15) is 0 Å². The highest BCUT2D eigenvalue weighted by atomic mass is 16.5. The normalized spacial score (nSPS) is 12.1. The van der Waals surface area contributed by atoms with Crippen LogP contribution in [0.2, 0.25) is 0 Å². The van der Waals surface area contributed by atoms with Crippen molar-refractivity contribution >= 4 is 5.97 Å². The summed E-state index contributed by atoms with van der Waals surface area (Å²) in [5, 5.41) is 12.7. The van der Waals surface area contributed by atoms with Crippen LogP contribution in [0.25, 0.3) is 0 Å². The predicted octanol–water partition coefficient (Wildman–Crippen LogP) is 0.528. The molecular formula is C13H20N2O3. The number of nitrogens with zero attached hydrogens (tertiary/aromatic N) is 1. The minimum Gasteiger partial charge on any atom is -0.466 e. The second-order valence-electron chi connectivity index (χ2n) is 3.98. The van der Waals surface area contributed by atoms with Gasteiger partial charge in [-0.3, -0.25) is 9.78 Å². The summed E-state index contributed by atoms with van der Waals surface area (Å²) in [6.45, 7) is 3.22. The zero-order valence-corrected chi connectivity index (χ0v) is 10.6. The first kappa shape index (κ1) is 14.6. The molecule has 0 aliphatic heterocycles. The van der Waals surface area contributed by atoms with Gasteiger partial charge in [-0.05, 0) is 31.5 Å². The van der Waals surface area contributed by atoms with Gasteiger partial charge in [-0.1, -0.05) is 6.07 Å². The van der Waals surface area contributed by atoms with Crippen LogP contribution in [0.4, 0.5) is 0 Å². The molecular weight excluding hydrogens is 232 g/mol. The number of hydrogen-bond donors (Lipinski definition) is 2. The summed E-state index contributed by atoms with van der Waals surface area (Å²) < 4.78 is 4.75. The molecule has 0 aliphatic rings. The van der Waals surface area contributed by atoms with E-state index in [0.717, 1.165) is 18.5 Å². The second-order valence-corrected chi connectivity index (χ2v) is 3.98. The molecule has 0 fully saturated rings. The Morgan fingerprint density at radius 3 is 3.11 bits per heavy atom. The molecule has 1 atom stereocenters. The SMILES string of the molecule is CCOC(=O)CC(O)CNCCc1cccnc1. The molecule has 0 aliphatic carbocycles. The molecule has 0 bridgehead atoms. The number of pyridine rings is 1. The van der Waals surface area contributed by atoms with E-state index in [-0.39, 0.29) is 12.4 Å². The molecule has 0 amide bonds. The van der Waals surface area contributed by atoms with E-state index in [1.807, 2.05) is 18.3 Å². The largest absolute Gasteiger partial charge is 0.466 e. The molecule has 1 aromatic rings. The van der Waals surface area contributed by atoms with Gasteiger partial charge in [-0.25, -0.2) is 0 Å². The zero-order valence-electron chi connectivity index (χ0n) is 10.6. The zero-order chi connectivity index (χ0) is 13.2. The maximum Gasteiger partial charge on any atom is 0.308 e. The number of nitrogens with one attached hydrogen (secondary N) is 1. The van der Waals surface area contributed by atoms with Gasteiger partial charge >= 0.3 is 5.97 Å². The number of rotatable bonds is 8. The smallest absolute Gasteiger partial charge is 0.308 e. The van der Waals surface area contributed by atoms with E-state index < -0.39 is 6.10 Å². The molecule has 0 saturated heterocycles. The third-order valence-electron chi connectivity index (χ3n) is 2.40. The highest BCUT2D eigenvalue weighted by Gasteiger charge is 2.10. The minimum atomic E-state index is -0.696. The molecule has 1 unspecified atom stereocenters. The van der Waals surface area contributed by atoms with Gasteiger partial charge in [0.2, 0.25) is 0 Å². The highest BCUT2D eigenvalue weighted by molar-refractivity contribution is 5.69. The molecule has 0 radical (unpaired) electrons. The maximum atomic E-state index is 11.1. The van der Waals surface area contributed by atoms with Crippen molar-refractivity contribution in [1.29, 1.82) is 0 Å². The lowest BCUT2D eigenvalue weighted by Gasteiger charge is -2.11. The fraction of sp³-hybridized carbons (Fsp3) is 0.538. The standard InChI is InChI=1S/C13H20N2O3/c1-2-18-13(17)8-12(16)10-15-7-5-11-4-3-6-14-9-11/h3-4,6,9,12,15-16H,2,5,7-8,10H2,1H3. The number of ether oxygens (including phenoxy) is 1. The molecule has 18 heavy (non-hydrogen) atoms. The van der Waals surface area contributed by atoms with Crippen molar-refractivity contribution in [3.8, 4) is 0 Å². The Morgan fingerprint density at radius 1 is 1.61 bits per heavy atom. The van der Waals surface area contributed by atoms with Gasteiger partial charge in [0.05, 0.1) is 19.1 Å². The molecule has 2 N–H and O–H groups in total. The van der Waals surface area contributed by atoms with Crippen molar-refractivity contribution in [3.05, 3.63) is 30.1 Å². The van der Waals surface area contributed by atoms with Crippen molar-refractivity contribution in [2.45, 2.75) is 25.9 Å². The molecule has 0 spiro atoms. The van der Waals surface area contributed by atoms with Crippen LogP contribution >= 0.6 is 0 Å². The first-order valence-electron chi connectivity index (χ1n) is 6.15. The van der Waals surface area contributed by atoms with E-state index in [4.69, 9.17) is 4.74 Å². The van der Waals surface area contributed by atoms with Crippen molar-refractivity contribution in [2.24, 2.45) is 0 Å². The van der Waals surface area contributed by atoms with E-state index >= 15 is 0 Å². The van der Waals surface area contributed by atoms with Crippen molar-refractivity contribution < 1.29 is 14.6 Å². The Labute approximate surface area is 107 Å². The van der Waals surface area contributed by atoms with Crippen LogP contribution in [0.5, 0.6) is 0 Å². The van der Waals surface area contributed by atoms with E-state index in [9.17, 15) is 9.90 Å². The van der Waals surface area contributed by atoms with E-state index in [0.29, 0.717) is 13.2 Å². The highest BCUT2D eigenvalue weighted by Crippen LogP contribution is 1.96. The van der Waals surface area contributed by atoms with Gasteiger partial charge in [0.1, 0.15) is 0 Å². The monoisotopic (exact) mass is 252 g/mol. The van der Waals surface area contributed by atoms with Crippen LogP contribution in [0, 0.1) is 0 Å². The molecule has 5 nitrogen and oxygen atoms in total. The predicted molar refractivity (Wildman–Crippen MR) is 68.1 cm³/mol. The van der Waals surface area contributed by atoms with Crippen LogP contribution in [-0.2, 0) is 16.0 Å². The Hall–Kier alpha value is -1.46. The summed E-state index contributed by atoms with van der Waals surface area (Å²) >= 11 is 0. The number of esters is 1. The van der Waals surface area contributed by atoms with Crippen molar-refractivity contribution in [2.75, 3.05) is 19.7 Å². The van der Waals surface area contributed by atoms with Crippen LogP contribution in [0.3, 0.4) is 0 Å². The van der Waals surface area contributed by atoms with Gasteiger partial charge < -0.3 is 15.2 Å². The van der Waals surface area contributed by atoms with Gasteiger partial charge in [0, 0.05) is 18.9 Å². The summed E-state index contributed by atoms with van der Waals surface area (Å²) in [4.78, 5) is 15.1. The lowest BCUT2D eigenvalue weighted by molar-refractivity contribution is -0.145. The van der Waals surface area contributed by atoms with Gasteiger partial charge in [0.15, 0.2) is 0 Å². The fourth-order valence-electron chi connectivity index (χ4n) is 1.53. The van der Waals surface area contributed by atoms with Gasteiger partial charge in [0.25, 0.3) is 0 Å². The third kappa shape index (κ3) is 6.32. The van der Waals surface area contributed by atoms with Crippen LogP contribution < -0.4 is 5.32 Å². The molecule has 1 aromatic heterocycles. The average Bonchev–Trinajstić information content (AvgIpc) is 2.36. The number of aromatic nitrogens is 1. The third-order valence-corrected chi connectivity index (χ3v) is 2.40. The topological polar surface area (TPSA) is 71.5 Å². The van der Waals surface area contributed by atoms with Crippen molar-refractivity contribution in [3.63, 3.8) is 0 Å². The molecule has 100 valence electrons. The van der Waals surface area contributed by atoms with Crippen LogP contribution in [-0.4, -0.2) is 41.9 Å². The van der Waals surface area contributed by atoms with E-state index in [1.54, 1.807) is 13.1 Å². The molecule has 0 aromatic carbocycles. The summed E-state index contributed by atoms with van der Waals surface area (Å²) in [7, 11) is 0. The quantitative estimate of drug-likeness (QED) is 0.521. The summed E-state index contributed by atoms with van der Waals surface area (Å²) in [5.41, 5.74) is 1.14. The number of carbonyl (C=O) groups excluding carboxylic acids is 1. The number of aliphatic hydroxyl groups is 1. The lowest BCUT2D eigenvalue weighted by Crippen LogP contribution is -2.30. The molecule has 1 heterocycles. The average molecular weight is 252 g/mol. The van der Waals surface area contributed by atoms with Crippen LogP contribution in [0.1, 0.15) is 18.9 Å². The van der Waals surface area contributed by atoms with E-state index in [2.05, 4.69) is 10.3 Å².